The van der Waals surface area contributed by atoms with Crippen LogP contribution < -0.4 is 5.69 Å². The average Bonchev–Trinajstić information content (AvgIpc) is 3.08. The maximum atomic E-state index is 13.4. The second kappa shape index (κ2) is 7.55. The van der Waals surface area contributed by atoms with E-state index < -0.39 is 0 Å². The third kappa shape index (κ3) is 3.48. The lowest BCUT2D eigenvalue weighted by atomic mass is 9.93. The monoisotopic (exact) mass is 384 g/mol. The lowest BCUT2D eigenvalue weighted by Gasteiger charge is -2.21. The molecular formula is C19H17FN4O2S. The van der Waals surface area contributed by atoms with Gasteiger partial charge in [0.1, 0.15) is 5.82 Å². The number of thioether (sulfide) groups is 1. The maximum absolute atomic E-state index is 13.4. The van der Waals surface area contributed by atoms with E-state index in [-0.39, 0.29) is 17.4 Å². The van der Waals surface area contributed by atoms with Gasteiger partial charge in [0.05, 0.1) is 23.6 Å². The van der Waals surface area contributed by atoms with Gasteiger partial charge in [0, 0.05) is 12.5 Å². The van der Waals surface area contributed by atoms with Gasteiger partial charge in [0.15, 0.2) is 10.8 Å². The van der Waals surface area contributed by atoms with Gasteiger partial charge in [-0.2, -0.15) is 9.61 Å². The standard InChI is InChI=1S/C19H17FN4O2S/c1-2-10-27-18-21-17-15(12-5-7-14(20)8-6-12)16(13-4-3-9-26-11-13)23-24(17)19(25)22-18/h1,5-8,13H,3-4,9-11H2,(H,21,22,25). The highest BCUT2D eigenvalue weighted by Crippen LogP contribution is 2.35. The van der Waals surface area contributed by atoms with Crippen molar-refractivity contribution >= 4 is 17.4 Å². The largest absolute Gasteiger partial charge is 0.381 e. The molecule has 1 fully saturated rings. The Balaban J connectivity index is 1.93. The van der Waals surface area contributed by atoms with E-state index in [1.807, 2.05) is 0 Å². The molecule has 1 aromatic carbocycles. The minimum Gasteiger partial charge on any atom is -0.381 e. The molecule has 138 valence electrons. The van der Waals surface area contributed by atoms with Crippen LogP contribution in [0.1, 0.15) is 24.5 Å². The molecule has 27 heavy (non-hydrogen) atoms. The SMILES string of the molecule is C#CCSc1nc2c(-c3ccc(F)cc3)c(C3CCCOC3)nn2c(=O)[nH]1. The van der Waals surface area contributed by atoms with Crippen LogP contribution in [0.3, 0.4) is 0 Å². The van der Waals surface area contributed by atoms with E-state index >= 15 is 0 Å². The summed E-state index contributed by atoms with van der Waals surface area (Å²) in [5, 5.41) is 4.97. The zero-order valence-corrected chi connectivity index (χ0v) is 15.3. The third-order valence-corrected chi connectivity index (χ3v) is 5.25. The Hall–Kier alpha value is -2.63. The number of H-pyrrole nitrogens is 1. The van der Waals surface area contributed by atoms with Crippen LogP contribution in [0.5, 0.6) is 0 Å². The lowest BCUT2D eigenvalue weighted by molar-refractivity contribution is 0.0793. The van der Waals surface area contributed by atoms with Gasteiger partial charge in [0.2, 0.25) is 0 Å². The first-order valence-electron chi connectivity index (χ1n) is 8.60. The molecule has 0 aliphatic carbocycles. The highest BCUT2D eigenvalue weighted by atomic mass is 32.2. The summed E-state index contributed by atoms with van der Waals surface area (Å²) in [7, 11) is 0. The van der Waals surface area contributed by atoms with E-state index in [0.717, 1.165) is 36.3 Å². The zero-order chi connectivity index (χ0) is 18.8. The van der Waals surface area contributed by atoms with E-state index in [0.29, 0.717) is 23.2 Å². The second-order valence-electron chi connectivity index (χ2n) is 6.26. The van der Waals surface area contributed by atoms with Crippen LogP contribution in [-0.4, -0.2) is 38.5 Å². The number of benzene rings is 1. The molecule has 0 saturated carbocycles. The van der Waals surface area contributed by atoms with Crippen molar-refractivity contribution in [2.24, 2.45) is 0 Å². The predicted octanol–water partition coefficient (Wildman–Crippen LogP) is 2.84. The van der Waals surface area contributed by atoms with Crippen LogP contribution in [0, 0.1) is 18.2 Å². The number of halogens is 1. The van der Waals surface area contributed by atoms with Crippen molar-refractivity contribution in [3.63, 3.8) is 0 Å². The molecule has 3 heterocycles. The number of nitrogens with one attached hydrogen (secondary N) is 1. The smallest absolute Gasteiger partial charge is 0.350 e. The quantitative estimate of drug-likeness (QED) is 0.553. The average molecular weight is 384 g/mol. The number of fused-ring (bicyclic) bond motifs is 1. The summed E-state index contributed by atoms with van der Waals surface area (Å²) in [5.41, 5.74) is 2.30. The van der Waals surface area contributed by atoms with E-state index in [4.69, 9.17) is 11.2 Å². The first-order chi connectivity index (χ1) is 13.2. The van der Waals surface area contributed by atoms with Crippen molar-refractivity contribution < 1.29 is 9.13 Å². The Kier molecular flexibility index (Phi) is 4.97. The summed E-state index contributed by atoms with van der Waals surface area (Å²) in [6.45, 7) is 1.26. The number of hydrogen-bond donors (Lipinski definition) is 1. The fourth-order valence-corrected chi connectivity index (χ4v) is 3.78. The van der Waals surface area contributed by atoms with Crippen molar-refractivity contribution in [2.75, 3.05) is 19.0 Å². The summed E-state index contributed by atoms with van der Waals surface area (Å²) in [4.78, 5) is 19.8. The Morgan fingerprint density at radius 2 is 2.22 bits per heavy atom. The highest BCUT2D eigenvalue weighted by Gasteiger charge is 2.26. The van der Waals surface area contributed by atoms with Crippen LogP contribution in [0.4, 0.5) is 4.39 Å². The van der Waals surface area contributed by atoms with Gasteiger partial charge in [-0.15, -0.1) is 6.42 Å². The molecule has 6 nitrogen and oxygen atoms in total. The van der Waals surface area contributed by atoms with Crippen LogP contribution in [0.2, 0.25) is 0 Å². The predicted molar refractivity (Wildman–Crippen MR) is 101 cm³/mol. The van der Waals surface area contributed by atoms with E-state index in [2.05, 4.69) is 21.0 Å². The van der Waals surface area contributed by atoms with E-state index in [1.165, 1.54) is 28.4 Å². The molecule has 0 spiro atoms. The molecule has 1 aliphatic rings. The van der Waals surface area contributed by atoms with Crippen molar-refractivity contribution in [3.05, 3.63) is 46.3 Å². The van der Waals surface area contributed by atoms with Crippen LogP contribution >= 0.6 is 11.8 Å². The molecule has 0 bridgehead atoms. The number of terminal acetylenes is 1. The van der Waals surface area contributed by atoms with Crippen molar-refractivity contribution in [2.45, 2.75) is 23.9 Å². The number of ether oxygens (including phenoxy) is 1. The summed E-state index contributed by atoms with van der Waals surface area (Å²) in [6.07, 6.45) is 7.14. The fraction of sp³-hybridized carbons (Fsp3) is 0.316. The number of hydrogen-bond acceptors (Lipinski definition) is 5. The second-order valence-corrected chi connectivity index (χ2v) is 7.22. The lowest BCUT2D eigenvalue weighted by Crippen LogP contribution is -2.20. The molecule has 1 N–H and O–H groups in total. The van der Waals surface area contributed by atoms with Crippen molar-refractivity contribution in [1.82, 2.24) is 19.6 Å². The Labute approximate surface area is 159 Å². The van der Waals surface area contributed by atoms with Crippen molar-refractivity contribution in [3.8, 4) is 23.5 Å². The van der Waals surface area contributed by atoms with Gasteiger partial charge in [-0.05, 0) is 30.5 Å². The minimum absolute atomic E-state index is 0.0571. The molecule has 3 aromatic rings. The van der Waals surface area contributed by atoms with Gasteiger partial charge < -0.3 is 4.74 Å². The first-order valence-corrected chi connectivity index (χ1v) is 9.59. The fourth-order valence-electron chi connectivity index (χ4n) is 3.25. The molecular weight excluding hydrogens is 367 g/mol. The first kappa shape index (κ1) is 17.8. The number of aromatic nitrogens is 4. The molecule has 0 amide bonds. The third-order valence-electron chi connectivity index (χ3n) is 4.47. The molecule has 1 saturated heterocycles. The number of rotatable bonds is 4. The van der Waals surface area contributed by atoms with Gasteiger partial charge in [-0.25, -0.2) is 14.2 Å². The molecule has 4 rings (SSSR count). The molecule has 1 atom stereocenters. The van der Waals surface area contributed by atoms with E-state index in [9.17, 15) is 9.18 Å². The van der Waals surface area contributed by atoms with Gasteiger partial charge in [-0.3, -0.25) is 4.98 Å². The van der Waals surface area contributed by atoms with Crippen LogP contribution in [-0.2, 0) is 4.74 Å². The summed E-state index contributed by atoms with van der Waals surface area (Å²) < 4.78 is 20.3. The highest BCUT2D eigenvalue weighted by molar-refractivity contribution is 7.99. The maximum Gasteiger partial charge on any atom is 0.350 e. The summed E-state index contributed by atoms with van der Waals surface area (Å²) in [6, 6.07) is 6.13. The zero-order valence-electron chi connectivity index (χ0n) is 14.4. The molecule has 1 aliphatic heterocycles. The summed E-state index contributed by atoms with van der Waals surface area (Å²) >= 11 is 1.27. The molecule has 0 radical (unpaired) electrons. The topological polar surface area (TPSA) is 72.3 Å². The van der Waals surface area contributed by atoms with Crippen LogP contribution in [0.25, 0.3) is 16.8 Å². The Bertz CT molecular complexity index is 1060. The Morgan fingerprint density at radius 3 is 2.93 bits per heavy atom. The number of nitrogens with zero attached hydrogens (tertiary/aromatic N) is 3. The van der Waals surface area contributed by atoms with Crippen LogP contribution in [0.15, 0.2) is 34.2 Å². The van der Waals surface area contributed by atoms with E-state index in [1.54, 1.807) is 12.1 Å². The normalized spacial score (nSPS) is 17.1. The molecule has 8 heteroatoms. The van der Waals surface area contributed by atoms with Gasteiger partial charge in [0.25, 0.3) is 0 Å². The van der Waals surface area contributed by atoms with Gasteiger partial charge >= 0.3 is 5.69 Å². The summed E-state index contributed by atoms with van der Waals surface area (Å²) in [5.74, 6) is 2.64. The minimum atomic E-state index is -0.383. The number of aromatic amines is 1. The molecule has 2 aromatic heterocycles. The van der Waals surface area contributed by atoms with Gasteiger partial charge in [-0.1, -0.05) is 29.8 Å². The van der Waals surface area contributed by atoms with Crippen molar-refractivity contribution in [1.29, 1.82) is 0 Å². The molecule has 1 unspecified atom stereocenters. The Morgan fingerprint density at radius 1 is 1.41 bits per heavy atom.